The molecule has 2 atom stereocenters. The molecule has 0 amide bonds. The number of rotatable bonds is 3. The lowest BCUT2D eigenvalue weighted by Crippen LogP contribution is -2.47. The molecule has 17 heavy (non-hydrogen) atoms. The van der Waals surface area contributed by atoms with Gasteiger partial charge in [0, 0.05) is 31.0 Å². The van der Waals surface area contributed by atoms with Crippen molar-refractivity contribution in [2.24, 2.45) is 11.7 Å². The van der Waals surface area contributed by atoms with Gasteiger partial charge in [-0.3, -0.25) is 0 Å². The van der Waals surface area contributed by atoms with E-state index in [4.69, 9.17) is 5.73 Å². The van der Waals surface area contributed by atoms with Crippen molar-refractivity contribution in [1.82, 2.24) is 9.97 Å². The maximum Gasteiger partial charge on any atom is 0.225 e. The molecule has 1 aliphatic rings. The van der Waals surface area contributed by atoms with Gasteiger partial charge >= 0.3 is 0 Å². The quantitative estimate of drug-likeness (QED) is 0.865. The van der Waals surface area contributed by atoms with Gasteiger partial charge in [-0.05, 0) is 31.7 Å². The Kier molecular flexibility index (Phi) is 3.94. The summed E-state index contributed by atoms with van der Waals surface area (Å²) in [6.45, 7) is 5.98. The fraction of sp³-hybridized carbons (Fsp3) is 0.692. The van der Waals surface area contributed by atoms with E-state index < -0.39 is 0 Å². The molecule has 4 nitrogen and oxygen atoms in total. The Balaban J connectivity index is 2.15. The van der Waals surface area contributed by atoms with Crippen molar-refractivity contribution < 1.29 is 0 Å². The molecule has 1 fully saturated rings. The molecule has 0 spiro atoms. The van der Waals surface area contributed by atoms with Gasteiger partial charge in [-0.25, -0.2) is 9.97 Å². The van der Waals surface area contributed by atoms with E-state index in [9.17, 15) is 0 Å². The lowest BCUT2D eigenvalue weighted by atomic mass is 9.89. The Hall–Kier alpha value is -1.16. The number of aromatic nitrogens is 2. The smallest absolute Gasteiger partial charge is 0.225 e. The molecular formula is C13H22N4. The van der Waals surface area contributed by atoms with Crippen LogP contribution in [0.25, 0.3) is 0 Å². The number of aryl methyl sites for hydroxylation is 1. The highest BCUT2D eigenvalue weighted by Crippen LogP contribution is 2.27. The van der Waals surface area contributed by atoms with Gasteiger partial charge in [0.1, 0.15) is 0 Å². The van der Waals surface area contributed by atoms with Crippen LogP contribution in [-0.2, 0) is 0 Å². The summed E-state index contributed by atoms with van der Waals surface area (Å²) in [5.74, 6) is 1.65. The number of nitrogens with two attached hydrogens (primary N) is 1. The van der Waals surface area contributed by atoms with Crippen LogP contribution in [0.1, 0.15) is 31.9 Å². The zero-order chi connectivity index (χ0) is 12.3. The van der Waals surface area contributed by atoms with Gasteiger partial charge in [0.25, 0.3) is 0 Å². The maximum atomic E-state index is 5.89. The topological polar surface area (TPSA) is 55.0 Å². The number of anilines is 1. The van der Waals surface area contributed by atoms with Crippen molar-refractivity contribution in [2.45, 2.75) is 39.2 Å². The summed E-state index contributed by atoms with van der Waals surface area (Å²) in [6, 6.07) is 2.33. The first-order valence-corrected chi connectivity index (χ1v) is 6.51. The van der Waals surface area contributed by atoms with Crippen LogP contribution in [0.15, 0.2) is 12.3 Å². The van der Waals surface area contributed by atoms with Gasteiger partial charge < -0.3 is 10.6 Å². The molecule has 1 aliphatic heterocycles. The molecule has 1 aromatic rings. The molecule has 0 radical (unpaired) electrons. The van der Waals surface area contributed by atoms with Crippen LogP contribution in [0.3, 0.4) is 0 Å². The Morgan fingerprint density at radius 2 is 2.35 bits per heavy atom. The Morgan fingerprint density at radius 1 is 1.53 bits per heavy atom. The van der Waals surface area contributed by atoms with Crippen LogP contribution >= 0.6 is 0 Å². The minimum Gasteiger partial charge on any atom is -0.337 e. The van der Waals surface area contributed by atoms with Gasteiger partial charge in [0.2, 0.25) is 5.95 Å². The van der Waals surface area contributed by atoms with Gasteiger partial charge in [0.15, 0.2) is 0 Å². The molecule has 2 N–H and O–H groups in total. The van der Waals surface area contributed by atoms with Crippen molar-refractivity contribution in [3.63, 3.8) is 0 Å². The van der Waals surface area contributed by atoms with E-state index in [0.717, 1.165) is 24.1 Å². The number of hydrogen-bond acceptors (Lipinski definition) is 4. The van der Waals surface area contributed by atoms with Crippen LogP contribution in [-0.4, -0.2) is 29.1 Å². The normalized spacial score (nSPS) is 25.0. The molecule has 1 saturated heterocycles. The summed E-state index contributed by atoms with van der Waals surface area (Å²) in [4.78, 5) is 11.2. The standard InChI is InChI=1S/C13H22N4/c1-3-11-5-7-17(12(8-11)9-14)13-15-6-4-10(2)16-13/h4,6,11-12H,3,5,7-9,14H2,1-2H3. The Bertz CT molecular complexity index is 366. The number of hydrogen-bond donors (Lipinski definition) is 1. The molecule has 2 rings (SSSR count). The molecule has 0 aromatic carbocycles. The zero-order valence-electron chi connectivity index (χ0n) is 10.8. The minimum atomic E-state index is 0.399. The molecule has 0 aliphatic carbocycles. The highest BCUT2D eigenvalue weighted by atomic mass is 15.3. The summed E-state index contributed by atoms with van der Waals surface area (Å²) < 4.78 is 0. The summed E-state index contributed by atoms with van der Waals surface area (Å²) >= 11 is 0. The Labute approximate surface area is 103 Å². The predicted molar refractivity (Wildman–Crippen MR) is 70.0 cm³/mol. The van der Waals surface area contributed by atoms with Crippen LogP contribution in [0.4, 0.5) is 5.95 Å². The summed E-state index contributed by atoms with van der Waals surface area (Å²) in [7, 11) is 0. The molecular weight excluding hydrogens is 212 g/mol. The number of nitrogens with zero attached hydrogens (tertiary/aromatic N) is 3. The molecule has 94 valence electrons. The van der Waals surface area contributed by atoms with E-state index in [1.165, 1.54) is 19.3 Å². The molecule has 2 unspecified atom stereocenters. The lowest BCUT2D eigenvalue weighted by molar-refractivity contribution is 0.332. The van der Waals surface area contributed by atoms with E-state index in [-0.39, 0.29) is 0 Å². The average Bonchev–Trinajstić information content (AvgIpc) is 2.38. The second-order valence-electron chi connectivity index (χ2n) is 4.88. The summed E-state index contributed by atoms with van der Waals surface area (Å²) in [6.07, 6.45) is 5.48. The van der Waals surface area contributed by atoms with E-state index >= 15 is 0 Å². The molecule has 4 heteroatoms. The molecule has 1 aromatic heterocycles. The molecule has 2 heterocycles. The first-order chi connectivity index (χ1) is 8.24. The van der Waals surface area contributed by atoms with E-state index in [1.807, 2.05) is 19.2 Å². The summed E-state index contributed by atoms with van der Waals surface area (Å²) in [5.41, 5.74) is 6.91. The molecule has 0 bridgehead atoms. The van der Waals surface area contributed by atoms with Crippen LogP contribution in [0.5, 0.6) is 0 Å². The van der Waals surface area contributed by atoms with Crippen molar-refractivity contribution in [1.29, 1.82) is 0 Å². The van der Waals surface area contributed by atoms with Crippen LogP contribution in [0, 0.1) is 12.8 Å². The van der Waals surface area contributed by atoms with Crippen LogP contribution < -0.4 is 10.6 Å². The fourth-order valence-electron chi connectivity index (χ4n) is 2.57. The first-order valence-electron chi connectivity index (χ1n) is 6.51. The van der Waals surface area contributed by atoms with Gasteiger partial charge in [-0.15, -0.1) is 0 Å². The maximum absolute atomic E-state index is 5.89. The highest BCUT2D eigenvalue weighted by molar-refractivity contribution is 5.33. The van der Waals surface area contributed by atoms with Gasteiger partial charge in [0.05, 0.1) is 0 Å². The molecule has 0 saturated carbocycles. The predicted octanol–water partition coefficient (Wildman–Crippen LogP) is 1.74. The van der Waals surface area contributed by atoms with Gasteiger partial charge in [-0.2, -0.15) is 0 Å². The van der Waals surface area contributed by atoms with E-state index in [2.05, 4.69) is 21.8 Å². The number of piperidine rings is 1. The average molecular weight is 234 g/mol. The highest BCUT2D eigenvalue weighted by Gasteiger charge is 2.28. The second-order valence-corrected chi connectivity index (χ2v) is 4.88. The van der Waals surface area contributed by atoms with E-state index in [1.54, 1.807) is 0 Å². The third-order valence-electron chi connectivity index (χ3n) is 3.71. The lowest BCUT2D eigenvalue weighted by Gasteiger charge is -2.38. The fourth-order valence-corrected chi connectivity index (χ4v) is 2.57. The van der Waals surface area contributed by atoms with Crippen LogP contribution in [0.2, 0.25) is 0 Å². The summed E-state index contributed by atoms with van der Waals surface area (Å²) in [5, 5.41) is 0. The minimum absolute atomic E-state index is 0.399. The van der Waals surface area contributed by atoms with E-state index in [0.29, 0.717) is 12.6 Å². The van der Waals surface area contributed by atoms with Crippen molar-refractivity contribution in [3.05, 3.63) is 18.0 Å². The van der Waals surface area contributed by atoms with Crippen molar-refractivity contribution in [2.75, 3.05) is 18.0 Å². The zero-order valence-corrected chi connectivity index (χ0v) is 10.8. The monoisotopic (exact) mass is 234 g/mol. The first kappa shape index (κ1) is 12.3. The largest absolute Gasteiger partial charge is 0.337 e. The Morgan fingerprint density at radius 3 is 3.00 bits per heavy atom. The third-order valence-corrected chi connectivity index (χ3v) is 3.71. The SMILES string of the molecule is CCC1CCN(c2nccc(C)n2)C(CN)C1. The van der Waals surface area contributed by atoms with Gasteiger partial charge in [-0.1, -0.05) is 13.3 Å². The second kappa shape index (κ2) is 5.45. The van der Waals surface area contributed by atoms with Crippen molar-refractivity contribution in [3.8, 4) is 0 Å². The third kappa shape index (κ3) is 2.75. The van der Waals surface area contributed by atoms with Crippen molar-refractivity contribution >= 4 is 5.95 Å².